The van der Waals surface area contributed by atoms with Crippen LogP contribution >= 0.6 is 0 Å². The number of pyridine rings is 2. The van der Waals surface area contributed by atoms with Crippen molar-refractivity contribution in [3.63, 3.8) is 0 Å². The summed E-state index contributed by atoms with van der Waals surface area (Å²) < 4.78 is 7.21. The summed E-state index contributed by atoms with van der Waals surface area (Å²) >= 11 is 0. The molecule has 9 nitrogen and oxygen atoms in total. The highest BCUT2D eigenvalue weighted by Gasteiger charge is 2.23. The van der Waals surface area contributed by atoms with Crippen LogP contribution in [0.1, 0.15) is 11.6 Å². The van der Waals surface area contributed by atoms with Gasteiger partial charge in [0.2, 0.25) is 0 Å². The van der Waals surface area contributed by atoms with Crippen LogP contribution in [0, 0.1) is 0 Å². The third kappa shape index (κ3) is 4.04. The first kappa shape index (κ1) is 17.4. The highest BCUT2D eigenvalue weighted by molar-refractivity contribution is 5.92. The van der Waals surface area contributed by atoms with E-state index in [1.807, 2.05) is 24.4 Å². The third-order valence-corrected chi connectivity index (χ3v) is 4.61. The van der Waals surface area contributed by atoms with Gasteiger partial charge in [0, 0.05) is 38.2 Å². The maximum atomic E-state index is 12.5. The zero-order valence-electron chi connectivity index (χ0n) is 14.8. The molecular weight excluding hydrogens is 346 g/mol. The van der Waals surface area contributed by atoms with Gasteiger partial charge >= 0.3 is 6.03 Å². The highest BCUT2D eigenvalue weighted by atomic mass is 16.5. The van der Waals surface area contributed by atoms with Crippen LogP contribution in [0.3, 0.4) is 0 Å². The summed E-state index contributed by atoms with van der Waals surface area (Å²) in [5, 5.41) is 13.7. The first-order valence-corrected chi connectivity index (χ1v) is 8.86. The molecule has 2 amide bonds. The van der Waals surface area contributed by atoms with Crippen LogP contribution in [0.15, 0.2) is 49.2 Å². The van der Waals surface area contributed by atoms with Gasteiger partial charge in [0.15, 0.2) is 5.65 Å². The molecule has 0 unspecified atom stereocenters. The second-order valence-corrected chi connectivity index (χ2v) is 6.26. The first-order chi connectivity index (χ1) is 13.3. The van der Waals surface area contributed by atoms with Gasteiger partial charge in [-0.15, -0.1) is 10.2 Å². The summed E-state index contributed by atoms with van der Waals surface area (Å²) in [6, 6.07) is 7.38. The Morgan fingerprint density at radius 2 is 2.04 bits per heavy atom. The number of aromatic nitrogens is 4. The maximum absolute atomic E-state index is 12.5. The molecule has 0 bridgehead atoms. The molecule has 1 fully saturated rings. The second-order valence-electron chi connectivity index (χ2n) is 6.26. The fraction of sp³-hybridized carbons (Fsp3) is 0.333. The number of ether oxygens (including phenoxy) is 1. The number of amides is 2. The smallest absolute Gasteiger partial charge is 0.319 e. The molecule has 1 saturated heterocycles. The van der Waals surface area contributed by atoms with Gasteiger partial charge in [0.1, 0.15) is 6.33 Å². The van der Waals surface area contributed by atoms with E-state index in [1.54, 1.807) is 29.2 Å². The Labute approximate surface area is 156 Å². The SMILES string of the molecule is O=C(NC[C@@H](c1ccncc1)N1CCOCC1)Nc1cccn2cnnc12. The minimum Gasteiger partial charge on any atom is -0.379 e. The van der Waals surface area contributed by atoms with Gasteiger partial charge in [-0.25, -0.2) is 4.79 Å². The molecule has 0 spiro atoms. The molecule has 140 valence electrons. The Balaban J connectivity index is 1.44. The number of carbonyl (C=O) groups excluding carboxylic acids is 1. The average molecular weight is 367 g/mol. The lowest BCUT2D eigenvalue weighted by Crippen LogP contribution is -2.44. The number of urea groups is 1. The fourth-order valence-electron chi connectivity index (χ4n) is 3.24. The summed E-state index contributed by atoms with van der Waals surface area (Å²) in [6.45, 7) is 3.53. The number of nitrogens with one attached hydrogen (secondary N) is 2. The number of hydrogen-bond donors (Lipinski definition) is 2. The summed E-state index contributed by atoms with van der Waals surface area (Å²) in [5.74, 6) is 0. The summed E-state index contributed by atoms with van der Waals surface area (Å²) in [4.78, 5) is 18.9. The monoisotopic (exact) mass is 367 g/mol. The van der Waals surface area contributed by atoms with E-state index < -0.39 is 0 Å². The Morgan fingerprint density at radius 3 is 2.85 bits per heavy atom. The predicted octanol–water partition coefficient (Wildman–Crippen LogP) is 1.32. The van der Waals surface area contributed by atoms with Gasteiger partial charge in [0.25, 0.3) is 0 Å². The van der Waals surface area contributed by atoms with E-state index in [2.05, 4.69) is 30.7 Å². The molecule has 9 heteroatoms. The van der Waals surface area contributed by atoms with E-state index in [0.29, 0.717) is 31.1 Å². The maximum Gasteiger partial charge on any atom is 0.319 e. The van der Waals surface area contributed by atoms with E-state index in [1.165, 1.54) is 0 Å². The lowest BCUT2D eigenvalue weighted by Gasteiger charge is -2.34. The van der Waals surface area contributed by atoms with Gasteiger partial charge in [-0.3, -0.25) is 14.3 Å². The number of hydrogen-bond acceptors (Lipinski definition) is 6. The molecule has 1 atom stereocenters. The van der Waals surface area contributed by atoms with E-state index in [0.717, 1.165) is 18.7 Å². The summed E-state index contributed by atoms with van der Waals surface area (Å²) in [6.07, 6.45) is 6.97. The molecule has 1 aliphatic rings. The number of nitrogens with zero attached hydrogens (tertiary/aromatic N) is 5. The topological polar surface area (TPSA) is 96.7 Å². The second kappa shape index (κ2) is 8.11. The molecule has 4 heterocycles. The quantitative estimate of drug-likeness (QED) is 0.706. The van der Waals surface area contributed by atoms with E-state index in [9.17, 15) is 4.79 Å². The van der Waals surface area contributed by atoms with Crippen LogP contribution < -0.4 is 10.6 Å². The Morgan fingerprint density at radius 1 is 1.22 bits per heavy atom. The van der Waals surface area contributed by atoms with Crippen LogP contribution in [0.2, 0.25) is 0 Å². The molecule has 0 radical (unpaired) electrons. The average Bonchev–Trinajstić information content (AvgIpc) is 3.20. The standard InChI is InChI=1S/C18H21N7O2/c26-18(22-15-2-1-7-25-13-21-23-17(15)25)20-12-16(14-3-5-19-6-4-14)24-8-10-27-11-9-24/h1-7,13,16H,8-12H2,(H2,20,22,26)/t16-/m0/s1. The van der Waals surface area contributed by atoms with Crippen molar-refractivity contribution in [3.8, 4) is 0 Å². The van der Waals surface area contributed by atoms with Gasteiger partial charge < -0.3 is 15.4 Å². The van der Waals surface area contributed by atoms with Crippen molar-refractivity contribution in [2.24, 2.45) is 0 Å². The van der Waals surface area contributed by atoms with Gasteiger partial charge in [-0.05, 0) is 29.8 Å². The summed E-state index contributed by atoms with van der Waals surface area (Å²) in [7, 11) is 0. The molecule has 0 aromatic carbocycles. The van der Waals surface area contributed by atoms with Gasteiger partial charge in [-0.2, -0.15) is 0 Å². The van der Waals surface area contributed by atoms with Crippen LogP contribution in [0.25, 0.3) is 5.65 Å². The first-order valence-electron chi connectivity index (χ1n) is 8.86. The van der Waals surface area contributed by atoms with Crippen molar-refractivity contribution in [1.29, 1.82) is 0 Å². The van der Waals surface area contributed by atoms with Crippen molar-refractivity contribution >= 4 is 17.4 Å². The predicted molar refractivity (Wildman–Crippen MR) is 99.4 cm³/mol. The number of carbonyl (C=O) groups is 1. The van der Waals surface area contributed by atoms with E-state index >= 15 is 0 Å². The van der Waals surface area contributed by atoms with E-state index in [4.69, 9.17) is 4.74 Å². The lowest BCUT2D eigenvalue weighted by atomic mass is 10.1. The Kier molecular flexibility index (Phi) is 5.22. The lowest BCUT2D eigenvalue weighted by molar-refractivity contribution is 0.0167. The van der Waals surface area contributed by atoms with Gasteiger partial charge in [-0.1, -0.05) is 0 Å². The van der Waals surface area contributed by atoms with Gasteiger partial charge in [0.05, 0.1) is 24.9 Å². The van der Waals surface area contributed by atoms with Crippen molar-refractivity contribution in [1.82, 2.24) is 29.8 Å². The van der Waals surface area contributed by atoms with Crippen molar-refractivity contribution in [2.45, 2.75) is 6.04 Å². The number of morpholine rings is 1. The molecule has 4 rings (SSSR count). The molecule has 0 aliphatic carbocycles. The molecule has 1 aliphatic heterocycles. The van der Waals surface area contributed by atoms with Crippen LogP contribution in [-0.4, -0.2) is 63.4 Å². The van der Waals surface area contributed by atoms with E-state index in [-0.39, 0.29) is 12.1 Å². The number of rotatable bonds is 5. The Bertz CT molecular complexity index is 893. The normalized spacial score (nSPS) is 16.1. The van der Waals surface area contributed by atoms with Crippen LogP contribution in [0.5, 0.6) is 0 Å². The molecular formula is C18H21N7O2. The Hall–Kier alpha value is -3.04. The minimum absolute atomic E-state index is 0.0616. The molecule has 0 saturated carbocycles. The number of fused-ring (bicyclic) bond motifs is 1. The van der Waals surface area contributed by atoms with Crippen LogP contribution in [-0.2, 0) is 4.74 Å². The van der Waals surface area contributed by atoms with Crippen molar-refractivity contribution in [2.75, 3.05) is 38.2 Å². The molecule has 2 N–H and O–H groups in total. The third-order valence-electron chi connectivity index (χ3n) is 4.61. The largest absolute Gasteiger partial charge is 0.379 e. The van der Waals surface area contributed by atoms with Crippen LogP contribution in [0.4, 0.5) is 10.5 Å². The van der Waals surface area contributed by atoms with Crippen molar-refractivity contribution < 1.29 is 9.53 Å². The molecule has 27 heavy (non-hydrogen) atoms. The molecule has 3 aromatic heterocycles. The summed E-state index contributed by atoms with van der Waals surface area (Å²) in [5.41, 5.74) is 2.33. The van der Waals surface area contributed by atoms with Crippen molar-refractivity contribution in [3.05, 3.63) is 54.7 Å². The zero-order valence-corrected chi connectivity index (χ0v) is 14.8. The zero-order chi connectivity index (χ0) is 18.5. The minimum atomic E-state index is -0.279. The molecule has 3 aromatic rings. The highest BCUT2D eigenvalue weighted by Crippen LogP contribution is 2.21. The fourth-order valence-corrected chi connectivity index (χ4v) is 3.24. The number of anilines is 1.